The lowest BCUT2D eigenvalue weighted by atomic mass is 10.3. The molecule has 15 heavy (non-hydrogen) atoms. The molecule has 0 aromatic carbocycles. The lowest BCUT2D eigenvalue weighted by Crippen LogP contribution is -2.36. The number of rotatable bonds is 6. The lowest BCUT2D eigenvalue weighted by Gasteiger charge is -2.21. The molecule has 0 heterocycles. The quantitative estimate of drug-likeness (QED) is 0.457. The number of hydrogen-bond donors (Lipinski definition) is 1. The maximum absolute atomic E-state index is 10.3. The Labute approximate surface area is 102 Å². The molecule has 1 N–H and O–H groups in total. The van der Waals surface area contributed by atoms with Crippen molar-refractivity contribution < 1.29 is 14.8 Å². The third-order valence-corrected chi connectivity index (χ3v) is 2.26. The first kappa shape index (κ1) is 15.2. The number of nitrogens with zero attached hydrogens (tertiary/aromatic N) is 1. The highest BCUT2D eigenvalue weighted by molar-refractivity contribution is 6.68. The zero-order valence-electron chi connectivity index (χ0n) is 8.03. The third kappa shape index (κ3) is 8.04. The topological polar surface area (TPSA) is 72.6 Å². The van der Waals surface area contributed by atoms with Crippen molar-refractivity contribution in [3.63, 3.8) is 0 Å². The second-order valence-electron chi connectivity index (χ2n) is 3.05. The molecule has 0 amide bonds. The van der Waals surface area contributed by atoms with E-state index in [0.717, 1.165) is 0 Å². The maximum atomic E-state index is 10.3. The summed E-state index contributed by atoms with van der Waals surface area (Å²) in [5.41, 5.74) is 0. The van der Waals surface area contributed by atoms with E-state index in [9.17, 15) is 10.1 Å². The van der Waals surface area contributed by atoms with Crippen molar-refractivity contribution in [3.8, 4) is 0 Å². The van der Waals surface area contributed by atoms with Crippen LogP contribution in [-0.2, 0) is 4.74 Å². The second-order valence-corrected chi connectivity index (χ2v) is 5.42. The molecule has 0 saturated heterocycles. The van der Waals surface area contributed by atoms with Crippen molar-refractivity contribution in [3.05, 3.63) is 10.1 Å². The van der Waals surface area contributed by atoms with Gasteiger partial charge in [-0.15, -0.1) is 0 Å². The molecule has 0 spiro atoms. The van der Waals surface area contributed by atoms with Gasteiger partial charge in [-0.2, -0.15) is 0 Å². The van der Waals surface area contributed by atoms with Crippen LogP contribution in [0.4, 0.5) is 0 Å². The summed E-state index contributed by atoms with van der Waals surface area (Å²) in [5, 5.41) is 19.2. The first-order valence-electron chi connectivity index (χ1n) is 4.21. The van der Waals surface area contributed by atoms with Gasteiger partial charge in [0.25, 0.3) is 0 Å². The third-order valence-electron chi connectivity index (χ3n) is 1.53. The zero-order chi connectivity index (χ0) is 12.1. The van der Waals surface area contributed by atoms with Gasteiger partial charge in [0.05, 0.1) is 6.10 Å². The van der Waals surface area contributed by atoms with Gasteiger partial charge in [0.1, 0.15) is 0 Å². The Kier molecular flexibility index (Phi) is 6.79. The highest BCUT2D eigenvalue weighted by Gasteiger charge is 2.37. The van der Waals surface area contributed by atoms with E-state index in [0.29, 0.717) is 6.42 Å². The number of aliphatic hydroxyl groups excluding tert-OH is 1. The van der Waals surface area contributed by atoms with E-state index in [2.05, 4.69) is 0 Å². The summed E-state index contributed by atoms with van der Waals surface area (Å²) in [4.78, 5) is 9.64. The van der Waals surface area contributed by atoms with E-state index in [-0.39, 0.29) is 6.61 Å². The molecule has 0 radical (unpaired) electrons. The Morgan fingerprint density at radius 3 is 2.40 bits per heavy atom. The highest BCUT2D eigenvalue weighted by Crippen LogP contribution is 2.32. The summed E-state index contributed by atoms with van der Waals surface area (Å²) in [6.07, 6.45) is -1.34. The van der Waals surface area contributed by atoms with Crippen molar-refractivity contribution in [2.45, 2.75) is 29.3 Å². The fourth-order valence-electron chi connectivity index (χ4n) is 0.767. The second kappa shape index (κ2) is 6.70. The molecular formula is C7H12Cl3NO4. The van der Waals surface area contributed by atoms with Crippen LogP contribution in [0, 0.1) is 10.1 Å². The number of nitro groups is 1. The van der Waals surface area contributed by atoms with Gasteiger partial charge in [-0.05, 0) is 13.3 Å². The molecule has 0 rings (SSSR count). The Hall–Kier alpha value is 0.190. The van der Waals surface area contributed by atoms with Crippen molar-refractivity contribution in [1.29, 1.82) is 0 Å². The number of ether oxygens (including phenoxy) is 1. The van der Waals surface area contributed by atoms with Crippen LogP contribution in [0.15, 0.2) is 0 Å². The molecule has 0 saturated carbocycles. The molecule has 0 aliphatic rings. The average molecular weight is 281 g/mol. The van der Waals surface area contributed by atoms with Crippen molar-refractivity contribution >= 4 is 34.8 Å². The number of halogens is 3. The zero-order valence-corrected chi connectivity index (χ0v) is 10.3. The Morgan fingerprint density at radius 2 is 2.07 bits per heavy atom. The summed E-state index contributed by atoms with van der Waals surface area (Å²) >= 11 is 16.5. The molecule has 0 fully saturated rings. The number of aliphatic hydroxyl groups is 1. The molecule has 0 unspecified atom stereocenters. The van der Waals surface area contributed by atoms with E-state index < -0.39 is 27.5 Å². The highest BCUT2D eigenvalue weighted by atomic mass is 35.6. The SMILES string of the molecule is C[C@@H](O)CCO[C@H](C[N+](=O)[O-])C(Cl)(Cl)Cl. The summed E-state index contributed by atoms with van der Waals surface area (Å²) < 4.78 is 3.19. The first-order chi connectivity index (χ1) is 6.73. The van der Waals surface area contributed by atoms with Crippen LogP contribution in [0.1, 0.15) is 13.3 Å². The molecule has 0 bridgehead atoms. The van der Waals surface area contributed by atoms with Gasteiger partial charge < -0.3 is 9.84 Å². The van der Waals surface area contributed by atoms with Crippen molar-refractivity contribution in [2.75, 3.05) is 13.2 Å². The van der Waals surface area contributed by atoms with Crippen LogP contribution in [-0.4, -0.2) is 39.2 Å². The predicted molar refractivity (Wildman–Crippen MR) is 58.2 cm³/mol. The fourth-order valence-corrected chi connectivity index (χ4v) is 1.16. The van der Waals surface area contributed by atoms with Crippen LogP contribution in [0.25, 0.3) is 0 Å². The van der Waals surface area contributed by atoms with Gasteiger partial charge in [0.15, 0.2) is 6.10 Å². The van der Waals surface area contributed by atoms with Crippen molar-refractivity contribution in [1.82, 2.24) is 0 Å². The normalized spacial score (nSPS) is 16.1. The molecule has 90 valence electrons. The number of alkyl halides is 3. The van der Waals surface area contributed by atoms with Crippen LogP contribution >= 0.6 is 34.8 Å². The van der Waals surface area contributed by atoms with Gasteiger partial charge in [-0.3, -0.25) is 10.1 Å². The molecular weight excluding hydrogens is 268 g/mol. The lowest BCUT2D eigenvalue weighted by molar-refractivity contribution is -0.491. The molecule has 0 aliphatic carbocycles. The maximum Gasteiger partial charge on any atom is 0.233 e. The fraction of sp³-hybridized carbons (Fsp3) is 1.00. The van der Waals surface area contributed by atoms with Gasteiger partial charge in [-0.1, -0.05) is 34.8 Å². The standard InChI is InChI=1S/C7H12Cl3NO4/c1-5(12)2-3-15-6(4-11(13)14)7(8,9)10/h5-6,12H,2-4H2,1H3/t5-,6-/m1/s1. The van der Waals surface area contributed by atoms with E-state index in [4.69, 9.17) is 44.6 Å². The molecule has 8 heteroatoms. The molecule has 0 aromatic rings. The summed E-state index contributed by atoms with van der Waals surface area (Å²) in [6, 6.07) is 0. The smallest absolute Gasteiger partial charge is 0.233 e. The average Bonchev–Trinajstić information content (AvgIpc) is 1.99. The van der Waals surface area contributed by atoms with E-state index in [1.165, 1.54) is 0 Å². The van der Waals surface area contributed by atoms with Gasteiger partial charge in [-0.25, -0.2) is 0 Å². The van der Waals surface area contributed by atoms with E-state index in [1.807, 2.05) is 0 Å². The van der Waals surface area contributed by atoms with Gasteiger partial charge >= 0.3 is 0 Å². The summed E-state index contributed by atoms with van der Waals surface area (Å²) in [6.45, 7) is 1.08. The van der Waals surface area contributed by atoms with Gasteiger partial charge in [0, 0.05) is 11.5 Å². The molecule has 2 atom stereocenters. The van der Waals surface area contributed by atoms with Crippen LogP contribution < -0.4 is 0 Å². The molecule has 0 aromatic heterocycles. The first-order valence-corrected chi connectivity index (χ1v) is 5.35. The van der Waals surface area contributed by atoms with Crippen LogP contribution in [0.5, 0.6) is 0 Å². The monoisotopic (exact) mass is 279 g/mol. The molecule has 5 nitrogen and oxygen atoms in total. The minimum absolute atomic E-state index is 0.101. The molecule has 0 aliphatic heterocycles. The Bertz CT molecular complexity index is 207. The summed E-state index contributed by atoms with van der Waals surface area (Å²) in [5.74, 6) is 0. The van der Waals surface area contributed by atoms with Crippen LogP contribution in [0.3, 0.4) is 0 Å². The predicted octanol–water partition coefficient (Wildman–Crippen LogP) is 1.79. The van der Waals surface area contributed by atoms with Gasteiger partial charge in [0.2, 0.25) is 10.3 Å². The minimum Gasteiger partial charge on any atom is -0.393 e. The number of hydrogen-bond acceptors (Lipinski definition) is 4. The minimum atomic E-state index is -1.84. The van der Waals surface area contributed by atoms with Crippen LogP contribution in [0.2, 0.25) is 0 Å². The Morgan fingerprint density at radius 1 is 1.53 bits per heavy atom. The van der Waals surface area contributed by atoms with E-state index >= 15 is 0 Å². The Balaban J connectivity index is 4.09. The van der Waals surface area contributed by atoms with E-state index in [1.54, 1.807) is 6.92 Å². The summed E-state index contributed by atoms with van der Waals surface area (Å²) in [7, 11) is 0. The van der Waals surface area contributed by atoms with Crippen molar-refractivity contribution in [2.24, 2.45) is 0 Å². The largest absolute Gasteiger partial charge is 0.393 e.